The fraction of sp³-hybridized carbons (Fsp3) is 1.00. The summed E-state index contributed by atoms with van der Waals surface area (Å²) in [5, 5.41) is 3.74. The molecule has 0 spiro atoms. The molecule has 0 aliphatic heterocycles. The Bertz CT molecular complexity index is 240. The lowest BCUT2D eigenvalue weighted by molar-refractivity contribution is 0.132. The molecule has 0 heterocycles. The van der Waals surface area contributed by atoms with Gasteiger partial charge < -0.3 is 10.2 Å². The zero-order chi connectivity index (χ0) is 15.0. The molecule has 0 aromatic heterocycles. The molecule has 3 atom stereocenters. The van der Waals surface area contributed by atoms with Crippen molar-refractivity contribution in [3.8, 4) is 0 Å². The second kappa shape index (κ2) is 9.78. The lowest BCUT2D eigenvalue weighted by atomic mass is 9.73. The SMILES string of the molecule is CCCCCN(C)CC1CC(C(C)C)CCC1NCC. The maximum atomic E-state index is 3.74. The number of nitrogens with one attached hydrogen (secondary N) is 1. The van der Waals surface area contributed by atoms with E-state index in [9.17, 15) is 0 Å². The topological polar surface area (TPSA) is 15.3 Å². The summed E-state index contributed by atoms with van der Waals surface area (Å²) in [5.41, 5.74) is 0. The van der Waals surface area contributed by atoms with Crippen molar-refractivity contribution >= 4 is 0 Å². The van der Waals surface area contributed by atoms with Crippen LogP contribution in [0, 0.1) is 17.8 Å². The quantitative estimate of drug-likeness (QED) is 0.639. The van der Waals surface area contributed by atoms with E-state index in [0.717, 1.165) is 30.3 Å². The summed E-state index contributed by atoms with van der Waals surface area (Å²) in [6.45, 7) is 13.0. The van der Waals surface area contributed by atoms with Crippen LogP contribution in [0.5, 0.6) is 0 Å². The third-order valence-electron chi connectivity index (χ3n) is 5.12. The molecule has 20 heavy (non-hydrogen) atoms. The molecule has 1 saturated carbocycles. The van der Waals surface area contributed by atoms with Gasteiger partial charge in [-0.3, -0.25) is 0 Å². The van der Waals surface area contributed by atoms with Crippen LogP contribution in [-0.2, 0) is 0 Å². The molecule has 1 aliphatic rings. The molecule has 1 N–H and O–H groups in total. The van der Waals surface area contributed by atoms with Gasteiger partial charge in [0.2, 0.25) is 0 Å². The highest BCUT2D eigenvalue weighted by Gasteiger charge is 2.31. The highest BCUT2D eigenvalue weighted by molar-refractivity contribution is 4.87. The Labute approximate surface area is 127 Å². The molecule has 120 valence electrons. The van der Waals surface area contributed by atoms with Crippen LogP contribution in [0.25, 0.3) is 0 Å². The van der Waals surface area contributed by atoms with E-state index in [0.29, 0.717) is 0 Å². The Balaban J connectivity index is 2.46. The highest BCUT2D eigenvalue weighted by atomic mass is 15.1. The monoisotopic (exact) mass is 282 g/mol. The number of rotatable bonds is 9. The van der Waals surface area contributed by atoms with Crippen molar-refractivity contribution in [3.05, 3.63) is 0 Å². The first kappa shape index (κ1) is 18.0. The predicted octanol–water partition coefficient (Wildman–Crippen LogP) is 4.16. The Morgan fingerprint density at radius 1 is 1.15 bits per heavy atom. The Kier molecular flexibility index (Phi) is 8.79. The normalized spacial score (nSPS) is 27.4. The molecule has 0 amide bonds. The summed E-state index contributed by atoms with van der Waals surface area (Å²) in [6.07, 6.45) is 8.29. The standard InChI is InChI=1S/C18H38N2/c1-6-8-9-12-20(5)14-17-13-16(15(3)4)10-11-18(17)19-7-2/h15-19H,6-14H2,1-5H3. The van der Waals surface area contributed by atoms with Crippen LogP contribution in [0.3, 0.4) is 0 Å². The zero-order valence-electron chi connectivity index (χ0n) is 14.6. The van der Waals surface area contributed by atoms with Crippen LogP contribution in [0.1, 0.15) is 66.2 Å². The molecular weight excluding hydrogens is 244 g/mol. The van der Waals surface area contributed by atoms with E-state index in [1.807, 2.05) is 0 Å². The molecule has 1 fully saturated rings. The van der Waals surface area contributed by atoms with Gasteiger partial charge in [-0.2, -0.15) is 0 Å². The maximum absolute atomic E-state index is 3.74. The summed E-state index contributed by atoms with van der Waals surface area (Å²) in [6, 6.07) is 0.753. The smallest absolute Gasteiger partial charge is 0.0108 e. The van der Waals surface area contributed by atoms with Gasteiger partial charge in [0.15, 0.2) is 0 Å². The average Bonchev–Trinajstić information content (AvgIpc) is 2.41. The largest absolute Gasteiger partial charge is 0.314 e. The highest BCUT2D eigenvalue weighted by Crippen LogP contribution is 2.34. The van der Waals surface area contributed by atoms with Crippen molar-refractivity contribution < 1.29 is 0 Å². The predicted molar refractivity (Wildman–Crippen MR) is 90.2 cm³/mol. The van der Waals surface area contributed by atoms with Crippen molar-refractivity contribution in [2.45, 2.75) is 72.3 Å². The van der Waals surface area contributed by atoms with Crippen molar-refractivity contribution in [1.29, 1.82) is 0 Å². The van der Waals surface area contributed by atoms with Crippen LogP contribution < -0.4 is 5.32 Å². The summed E-state index contributed by atoms with van der Waals surface area (Å²) >= 11 is 0. The van der Waals surface area contributed by atoms with Crippen LogP contribution >= 0.6 is 0 Å². The molecule has 3 unspecified atom stereocenters. The van der Waals surface area contributed by atoms with Gasteiger partial charge in [0.25, 0.3) is 0 Å². The second-order valence-corrected chi connectivity index (χ2v) is 7.21. The molecule has 1 aliphatic carbocycles. The van der Waals surface area contributed by atoms with Gasteiger partial charge in [-0.1, -0.05) is 40.5 Å². The first-order chi connectivity index (χ1) is 9.58. The molecule has 0 bridgehead atoms. The van der Waals surface area contributed by atoms with Gasteiger partial charge in [0.1, 0.15) is 0 Å². The summed E-state index contributed by atoms with van der Waals surface area (Å²) in [5.74, 6) is 2.65. The van der Waals surface area contributed by atoms with E-state index in [1.165, 1.54) is 51.6 Å². The van der Waals surface area contributed by atoms with Gasteiger partial charge in [-0.05, 0) is 63.6 Å². The van der Waals surface area contributed by atoms with Gasteiger partial charge in [0.05, 0.1) is 0 Å². The summed E-state index contributed by atoms with van der Waals surface area (Å²) in [7, 11) is 2.32. The van der Waals surface area contributed by atoms with E-state index in [4.69, 9.17) is 0 Å². The minimum atomic E-state index is 0.753. The molecule has 0 aromatic carbocycles. The van der Waals surface area contributed by atoms with Gasteiger partial charge in [-0.15, -0.1) is 0 Å². The number of hydrogen-bond acceptors (Lipinski definition) is 2. The second-order valence-electron chi connectivity index (χ2n) is 7.21. The van der Waals surface area contributed by atoms with Crippen molar-refractivity contribution in [3.63, 3.8) is 0 Å². The molecule has 0 aromatic rings. The summed E-state index contributed by atoms with van der Waals surface area (Å²) < 4.78 is 0. The molecule has 2 nitrogen and oxygen atoms in total. The third-order valence-corrected chi connectivity index (χ3v) is 5.12. The molecule has 2 heteroatoms. The first-order valence-electron chi connectivity index (χ1n) is 9.00. The molecule has 1 rings (SSSR count). The van der Waals surface area contributed by atoms with E-state index in [-0.39, 0.29) is 0 Å². The van der Waals surface area contributed by atoms with E-state index >= 15 is 0 Å². The third kappa shape index (κ3) is 6.13. The lowest BCUT2D eigenvalue weighted by Gasteiger charge is -2.40. The van der Waals surface area contributed by atoms with Crippen LogP contribution in [-0.4, -0.2) is 37.6 Å². The van der Waals surface area contributed by atoms with Gasteiger partial charge >= 0.3 is 0 Å². The Morgan fingerprint density at radius 2 is 1.90 bits per heavy atom. The van der Waals surface area contributed by atoms with E-state index < -0.39 is 0 Å². The van der Waals surface area contributed by atoms with Crippen molar-refractivity contribution in [1.82, 2.24) is 10.2 Å². The molecule has 0 radical (unpaired) electrons. The fourth-order valence-electron chi connectivity index (χ4n) is 3.76. The number of hydrogen-bond donors (Lipinski definition) is 1. The van der Waals surface area contributed by atoms with Gasteiger partial charge in [-0.25, -0.2) is 0 Å². The number of unbranched alkanes of at least 4 members (excludes halogenated alkanes) is 2. The minimum absolute atomic E-state index is 0.753. The Morgan fingerprint density at radius 3 is 2.50 bits per heavy atom. The average molecular weight is 283 g/mol. The minimum Gasteiger partial charge on any atom is -0.314 e. The van der Waals surface area contributed by atoms with E-state index in [1.54, 1.807) is 0 Å². The van der Waals surface area contributed by atoms with Gasteiger partial charge in [0, 0.05) is 12.6 Å². The maximum Gasteiger partial charge on any atom is 0.0108 e. The molecular formula is C18H38N2. The number of nitrogens with zero attached hydrogens (tertiary/aromatic N) is 1. The van der Waals surface area contributed by atoms with Crippen molar-refractivity contribution in [2.24, 2.45) is 17.8 Å². The Hall–Kier alpha value is -0.0800. The van der Waals surface area contributed by atoms with Crippen LogP contribution in [0.15, 0.2) is 0 Å². The zero-order valence-corrected chi connectivity index (χ0v) is 14.6. The van der Waals surface area contributed by atoms with Crippen LogP contribution in [0.2, 0.25) is 0 Å². The van der Waals surface area contributed by atoms with Crippen molar-refractivity contribution in [2.75, 3.05) is 26.7 Å². The fourth-order valence-corrected chi connectivity index (χ4v) is 3.76. The van der Waals surface area contributed by atoms with E-state index in [2.05, 4.69) is 45.0 Å². The molecule has 0 saturated heterocycles. The lowest BCUT2D eigenvalue weighted by Crippen LogP contribution is -2.46. The first-order valence-corrected chi connectivity index (χ1v) is 9.00. The van der Waals surface area contributed by atoms with Crippen LogP contribution in [0.4, 0.5) is 0 Å². The summed E-state index contributed by atoms with van der Waals surface area (Å²) in [4.78, 5) is 2.58.